The minimum absolute atomic E-state index is 0.146. The van der Waals surface area contributed by atoms with Crippen LogP contribution in [-0.4, -0.2) is 47.8 Å². The molecule has 1 aromatic heterocycles. The van der Waals surface area contributed by atoms with Crippen LogP contribution in [0.5, 0.6) is 5.75 Å². The van der Waals surface area contributed by atoms with Gasteiger partial charge in [-0.05, 0) is 85.0 Å². The van der Waals surface area contributed by atoms with Crippen molar-refractivity contribution in [1.82, 2.24) is 15.6 Å². The minimum atomic E-state index is -0.833. The van der Waals surface area contributed by atoms with Crippen LogP contribution in [-0.2, 0) is 12.0 Å². The van der Waals surface area contributed by atoms with Gasteiger partial charge in [0.25, 0.3) is 5.91 Å². The molecule has 1 fully saturated rings. The Hall–Kier alpha value is -4.14. The Morgan fingerprint density at radius 3 is 2.68 bits per heavy atom. The predicted molar refractivity (Wildman–Crippen MR) is 172 cm³/mol. The molecule has 3 aromatic carbocycles. The summed E-state index contributed by atoms with van der Waals surface area (Å²) in [6, 6.07) is 21.7. The molecule has 230 valence electrons. The maximum Gasteiger partial charge on any atom is 0.251 e. The number of carbonyl (C=O) groups excluding carboxylic acids is 1. The van der Waals surface area contributed by atoms with Crippen molar-refractivity contribution in [3.05, 3.63) is 101 Å². The third kappa shape index (κ3) is 7.14. The lowest BCUT2D eigenvalue weighted by Gasteiger charge is -2.28. The Morgan fingerprint density at radius 2 is 1.89 bits per heavy atom. The number of nitrogens with one attached hydrogen (secondary N) is 3. The van der Waals surface area contributed by atoms with Crippen LogP contribution in [0.15, 0.2) is 83.6 Å². The van der Waals surface area contributed by atoms with E-state index in [9.17, 15) is 9.90 Å². The van der Waals surface area contributed by atoms with Crippen LogP contribution in [0.4, 0.5) is 5.69 Å². The molecule has 1 unspecified atom stereocenters. The Balaban J connectivity index is 1.26. The number of aliphatic hydroxyl groups excluding tert-OH is 1. The van der Waals surface area contributed by atoms with Crippen molar-refractivity contribution in [1.29, 1.82) is 0 Å². The van der Waals surface area contributed by atoms with Gasteiger partial charge in [0.15, 0.2) is 0 Å². The van der Waals surface area contributed by atoms with Crippen molar-refractivity contribution in [3.63, 3.8) is 0 Å². The second kappa shape index (κ2) is 13.2. The van der Waals surface area contributed by atoms with Gasteiger partial charge in [0, 0.05) is 35.4 Å². The number of hydrogen-bond donors (Lipinski definition) is 4. The van der Waals surface area contributed by atoms with Crippen LogP contribution in [0.1, 0.15) is 72.5 Å². The third-order valence-electron chi connectivity index (χ3n) is 8.68. The molecule has 2 heterocycles. The maximum absolute atomic E-state index is 13.8. The monoisotopic (exact) mass is 594 g/mol. The Bertz CT molecular complexity index is 1560. The van der Waals surface area contributed by atoms with Crippen molar-refractivity contribution in [2.75, 3.05) is 25.0 Å². The first-order valence-corrected chi connectivity index (χ1v) is 15.7. The Morgan fingerprint density at radius 1 is 1.05 bits per heavy atom. The highest BCUT2D eigenvalue weighted by atomic mass is 16.5. The zero-order valence-corrected chi connectivity index (χ0v) is 25.5. The third-order valence-corrected chi connectivity index (χ3v) is 8.68. The van der Waals surface area contributed by atoms with Crippen molar-refractivity contribution in [2.24, 2.45) is 0 Å². The van der Waals surface area contributed by atoms with Crippen LogP contribution in [0.25, 0.3) is 11.5 Å². The number of amides is 1. The summed E-state index contributed by atoms with van der Waals surface area (Å²) in [6.45, 7) is 6.09. The number of nitrogens with zero attached hydrogens (tertiary/aromatic N) is 1. The van der Waals surface area contributed by atoms with Gasteiger partial charge in [-0.25, -0.2) is 4.98 Å². The summed E-state index contributed by atoms with van der Waals surface area (Å²) in [6.07, 6.45) is 6.56. The Kier molecular flexibility index (Phi) is 9.00. The van der Waals surface area contributed by atoms with Gasteiger partial charge in [0.1, 0.15) is 12.0 Å². The summed E-state index contributed by atoms with van der Waals surface area (Å²) in [5, 5.41) is 21.9. The molecule has 2 atom stereocenters. The first-order valence-electron chi connectivity index (χ1n) is 15.7. The summed E-state index contributed by atoms with van der Waals surface area (Å²) in [4.78, 5) is 18.1. The highest BCUT2D eigenvalue weighted by Crippen LogP contribution is 2.46. The van der Waals surface area contributed by atoms with Crippen LogP contribution < -0.4 is 20.7 Å². The molecule has 0 saturated heterocycles. The smallest absolute Gasteiger partial charge is 0.251 e. The predicted octanol–water partition coefficient (Wildman–Crippen LogP) is 6.03. The van der Waals surface area contributed by atoms with Gasteiger partial charge in [-0.15, -0.1) is 0 Å². The fourth-order valence-electron chi connectivity index (χ4n) is 5.88. The molecule has 8 heteroatoms. The number of aliphatic hydroxyl groups is 1. The number of benzene rings is 3. The molecule has 4 bridgehead atoms. The van der Waals surface area contributed by atoms with Gasteiger partial charge in [-0.2, -0.15) is 0 Å². The molecule has 6 rings (SSSR count). The van der Waals surface area contributed by atoms with Gasteiger partial charge in [0.2, 0.25) is 5.89 Å². The second-order valence-corrected chi connectivity index (χ2v) is 12.4. The van der Waals surface area contributed by atoms with Gasteiger partial charge >= 0.3 is 0 Å². The van der Waals surface area contributed by atoms with E-state index >= 15 is 0 Å². The molecule has 0 spiro atoms. The molecular weight excluding hydrogens is 552 g/mol. The largest absolute Gasteiger partial charge is 0.494 e. The van der Waals surface area contributed by atoms with E-state index < -0.39 is 12.1 Å². The zero-order chi connectivity index (χ0) is 30.5. The molecule has 44 heavy (non-hydrogen) atoms. The first-order chi connectivity index (χ1) is 21.4. The molecule has 4 N–H and O–H groups in total. The molecule has 2 aliphatic rings. The van der Waals surface area contributed by atoms with E-state index in [2.05, 4.69) is 59.0 Å². The van der Waals surface area contributed by atoms with Crippen molar-refractivity contribution in [2.45, 2.75) is 69.6 Å². The standard InChI is InChI=1S/C36H42N4O4/c1-24(2)26-8-6-9-29(20-26)36(11-12-36)39-23-33(41)32-18-25-7-5-10-31(17-25)43-15-4-3-13-37-30-21-27(34(42)40-32)19-28(22-30)35-38-14-16-44-35/h5-10,14,16-17,19-22,24,32-33,37,39,41H,3-4,11-13,15,18,23H2,1-2H3,(H,40,42)/t32?,33-/m1/s1. The van der Waals surface area contributed by atoms with Crippen LogP contribution in [0.3, 0.4) is 0 Å². The SMILES string of the molecule is CC(C)c1cccc(C2(NC[C@@H](O)C3Cc4cccc(c4)OCCCCNc4cc(cc(-c5ncco5)c4)C(=O)N3)CC2)c1. The van der Waals surface area contributed by atoms with E-state index in [0.29, 0.717) is 42.5 Å². The van der Waals surface area contributed by atoms with Crippen LogP contribution in [0, 0.1) is 0 Å². The molecule has 1 aliphatic heterocycles. The lowest BCUT2D eigenvalue weighted by Crippen LogP contribution is -2.50. The average molecular weight is 595 g/mol. The average Bonchev–Trinajstić information content (AvgIpc) is 3.62. The highest BCUT2D eigenvalue weighted by molar-refractivity contribution is 5.96. The lowest BCUT2D eigenvalue weighted by molar-refractivity contribution is 0.0822. The normalized spacial score (nSPS) is 19.0. The number of anilines is 1. The fraction of sp³-hybridized carbons (Fsp3) is 0.389. The number of carbonyl (C=O) groups is 1. The van der Waals surface area contributed by atoms with E-state index in [1.54, 1.807) is 12.3 Å². The maximum atomic E-state index is 13.8. The minimum Gasteiger partial charge on any atom is -0.494 e. The lowest BCUT2D eigenvalue weighted by atomic mass is 9.95. The van der Waals surface area contributed by atoms with E-state index in [0.717, 1.165) is 49.2 Å². The molecule has 8 nitrogen and oxygen atoms in total. The summed E-state index contributed by atoms with van der Waals surface area (Å²) < 4.78 is 11.6. The number of oxazole rings is 1. The number of aromatic nitrogens is 1. The fourth-order valence-corrected chi connectivity index (χ4v) is 5.88. The van der Waals surface area contributed by atoms with Gasteiger partial charge in [-0.1, -0.05) is 50.2 Å². The van der Waals surface area contributed by atoms with Gasteiger partial charge in [-0.3, -0.25) is 4.79 Å². The van der Waals surface area contributed by atoms with E-state index in [-0.39, 0.29) is 11.4 Å². The molecule has 4 aromatic rings. The topological polar surface area (TPSA) is 109 Å². The number of rotatable bonds is 7. The molecular formula is C36H42N4O4. The first kappa shape index (κ1) is 29.9. The van der Waals surface area contributed by atoms with Crippen molar-refractivity contribution >= 4 is 11.6 Å². The molecule has 1 amide bonds. The van der Waals surface area contributed by atoms with Gasteiger partial charge < -0.3 is 30.2 Å². The van der Waals surface area contributed by atoms with Crippen LogP contribution >= 0.6 is 0 Å². The quantitative estimate of drug-likeness (QED) is 0.207. The van der Waals surface area contributed by atoms with Crippen molar-refractivity contribution < 1.29 is 19.1 Å². The summed E-state index contributed by atoms with van der Waals surface area (Å²) >= 11 is 0. The highest BCUT2D eigenvalue weighted by Gasteiger charge is 2.44. The molecule has 0 radical (unpaired) electrons. The van der Waals surface area contributed by atoms with Crippen LogP contribution in [0.2, 0.25) is 0 Å². The molecule has 1 saturated carbocycles. The number of fused-ring (bicyclic) bond motifs is 4. The number of hydrogen-bond acceptors (Lipinski definition) is 7. The zero-order valence-electron chi connectivity index (χ0n) is 25.5. The second-order valence-electron chi connectivity index (χ2n) is 12.4. The van der Waals surface area contributed by atoms with Gasteiger partial charge in [0.05, 0.1) is 24.9 Å². The number of ether oxygens (including phenoxy) is 1. The summed E-state index contributed by atoms with van der Waals surface area (Å²) in [7, 11) is 0. The van der Waals surface area contributed by atoms with Crippen molar-refractivity contribution in [3.8, 4) is 17.2 Å². The molecule has 1 aliphatic carbocycles. The van der Waals surface area contributed by atoms with E-state index in [1.807, 2.05) is 36.4 Å². The van der Waals surface area contributed by atoms with E-state index in [1.165, 1.54) is 17.4 Å². The summed E-state index contributed by atoms with van der Waals surface area (Å²) in [5.41, 5.74) is 5.40. The summed E-state index contributed by atoms with van der Waals surface area (Å²) in [5.74, 6) is 1.42. The Labute approximate surface area is 259 Å². The van der Waals surface area contributed by atoms with E-state index in [4.69, 9.17) is 9.15 Å².